The number of aryl methyl sites for hydroxylation is 2. The summed E-state index contributed by atoms with van der Waals surface area (Å²) >= 11 is 13.6. The lowest BCUT2D eigenvalue weighted by Gasteiger charge is -1.98. The fraction of sp³-hybridized carbons (Fsp3) is 0.111. The van der Waals surface area contributed by atoms with Gasteiger partial charge in [-0.1, -0.05) is 34.5 Å². The molecule has 120 valence electrons. The highest BCUT2D eigenvalue weighted by Crippen LogP contribution is 2.23. The molecule has 0 amide bonds. The molecule has 0 saturated heterocycles. The van der Waals surface area contributed by atoms with E-state index in [-0.39, 0.29) is 5.56 Å². The zero-order valence-corrected chi connectivity index (χ0v) is 15.3. The number of benzene rings is 2. The standard InChI is InChI=1S/C18H12Cl2N2OS/c1-9-5-14-15(6-10(9)2)22-17(23)16(24-18(22)21-14)8-11-7-12(19)3-4-13(11)20/h3-8H,1-2H3/b16-8+. The number of rotatable bonds is 1. The van der Waals surface area contributed by atoms with Gasteiger partial charge < -0.3 is 0 Å². The van der Waals surface area contributed by atoms with Gasteiger partial charge in [-0.3, -0.25) is 4.79 Å². The van der Waals surface area contributed by atoms with Crippen LogP contribution in [0.5, 0.6) is 0 Å². The van der Waals surface area contributed by atoms with Gasteiger partial charge in [0.15, 0.2) is 4.96 Å². The first-order valence-corrected chi connectivity index (χ1v) is 8.90. The van der Waals surface area contributed by atoms with E-state index in [2.05, 4.69) is 4.98 Å². The van der Waals surface area contributed by atoms with Crippen molar-refractivity contribution < 1.29 is 0 Å². The van der Waals surface area contributed by atoms with Crippen LogP contribution in [0.3, 0.4) is 0 Å². The third kappa shape index (κ3) is 2.42. The first-order valence-electron chi connectivity index (χ1n) is 7.33. The normalized spacial score (nSPS) is 12.6. The predicted octanol–water partition coefficient (Wildman–Crippen LogP) is 4.38. The molecule has 0 aliphatic heterocycles. The minimum atomic E-state index is -0.0863. The number of hydrogen-bond acceptors (Lipinski definition) is 3. The van der Waals surface area contributed by atoms with E-state index in [9.17, 15) is 4.79 Å². The van der Waals surface area contributed by atoms with Crippen LogP contribution in [0.1, 0.15) is 16.7 Å². The van der Waals surface area contributed by atoms with Gasteiger partial charge in [0.25, 0.3) is 5.56 Å². The number of imidazole rings is 1. The van der Waals surface area contributed by atoms with Gasteiger partial charge in [0.05, 0.1) is 15.6 Å². The lowest BCUT2D eigenvalue weighted by molar-refractivity contribution is 1.18. The molecule has 3 nitrogen and oxygen atoms in total. The molecular weight excluding hydrogens is 363 g/mol. The molecule has 2 heterocycles. The number of halogens is 2. The first kappa shape index (κ1) is 15.6. The van der Waals surface area contributed by atoms with Crippen molar-refractivity contribution >= 4 is 56.6 Å². The summed E-state index contributed by atoms with van der Waals surface area (Å²) in [5.74, 6) is 0. The molecule has 0 unspecified atom stereocenters. The maximum Gasteiger partial charge on any atom is 0.274 e. The van der Waals surface area contributed by atoms with E-state index in [0.717, 1.165) is 27.7 Å². The Morgan fingerprint density at radius 2 is 1.88 bits per heavy atom. The second-order valence-electron chi connectivity index (χ2n) is 5.74. The molecule has 0 radical (unpaired) electrons. The molecule has 0 N–H and O–H groups in total. The van der Waals surface area contributed by atoms with Gasteiger partial charge in [-0.25, -0.2) is 9.38 Å². The number of nitrogens with zero attached hydrogens (tertiary/aromatic N) is 2. The topological polar surface area (TPSA) is 34.4 Å². The highest BCUT2D eigenvalue weighted by atomic mass is 35.5. The van der Waals surface area contributed by atoms with E-state index in [1.54, 1.807) is 28.7 Å². The Labute approximate surface area is 151 Å². The molecule has 0 saturated carbocycles. The van der Waals surface area contributed by atoms with Crippen LogP contribution in [0.15, 0.2) is 35.1 Å². The minimum Gasteiger partial charge on any atom is -0.267 e. The zero-order valence-electron chi connectivity index (χ0n) is 12.9. The number of aromatic nitrogens is 2. The van der Waals surface area contributed by atoms with E-state index < -0.39 is 0 Å². The average Bonchev–Trinajstić information content (AvgIpc) is 3.01. The molecule has 0 spiro atoms. The summed E-state index contributed by atoms with van der Waals surface area (Å²) in [7, 11) is 0. The summed E-state index contributed by atoms with van der Waals surface area (Å²) < 4.78 is 2.25. The van der Waals surface area contributed by atoms with Crippen molar-refractivity contribution in [2.75, 3.05) is 0 Å². The summed E-state index contributed by atoms with van der Waals surface area (Å²) in [6, 6.07) is 9.22. The highest BCUT2D eigenvalue weighted by molar-refractivity contribution is 7.15. The maximum absolute atomic E-state index is 12.8. The van der Waals surface area contributed by atoms with Gasteiger partial charge >= 0.3 is 0 Å². The molecule has 24 heavy (non-hydrogen) atoms. The van der Waals surface area contributed by atoms with E-state index in [0.29, 0.717) is 19.5 Å². The largest absolute Gasteiger partial charge is 0.274 e. The Balaban J connectivity index is 2.03. The maximum atomic E-state index is 12.8. The molecule has 4 rings (SSSR count). The van der Waals surface area contributed by atoms with Crippen LogP contribution >= 0.6 is 34.5 Å². The van der Waals surface area contributed by atoms with Crippen molar-refractivity contribution in [3.05, 3.63) is 72.0 Å². The fourth-order valence-electron chi connectivity index (χ4n) is 2.69. The lowest BCUT2D eigenvalue weighted by Crippen LogP contribution is -2.22. The predicted molar refractivity (Wildman–Crippen MR) is 102 cm³/mol. The highest BCUT2D eigenvalue weighted by Gasteiger charge is 2.12. The van der Waals surface area contributed by atoms with Gasteiger partial charge in [-0.2, -0.15) is 0 Å². The smallest absolute Gasteiger partial charge is 0.267 e. The average molecular weight is 375 g/mol. The van der Waals surface area contributed by atoms with Crippen LogP contribution in [-0.4, -0.2) is 9.38 Å². The van der Waals surface area contributed by atoms with Crippen molar-refractivity contribution in [3.8, 4) is 0 Å². The van der Waals surface area contributed by atoms with Crippen LogP contribution in [-0.2, 0) is 0 Å². The lowest BCUT2D eigenvalue weighted by atomic mass is 10.1. The van der Waals surface area contributed by atoms with Crippen LogP contribution in [0.2, 0.25) is 10.0 Å². The van der Waals surface area contributed by atoms with Crippen LogP contribution in [0.4, 0.5) is 0 Å². The molecule has 0 aliphatic carbocycles. The van der Waals surface area contributed by atoms with Gasteiger partial charge in [-0.05, 0) is 66.9 Å². The molecule has 2 aromatic carbocycles. The Morgan fingerprint density at radius 1 is 1.12 bits per heavy atom. The van der Waals surface area contributed by atoms with Crippen molar-refractivity contribution in [3.63, 3.8) is 0 Å². The van der Waals surface area contributed by atoms with Crippen molar-refractivity contribution in [1.82, 2.24) is 9.38 Å². The van der Waals surface area contributed by atoms with E-state index in [1.807, 2.05) is 26.0 Å². The minimum absolute atomic E-state index is 0.0863. The Bertz CT molecular complexity index is 1220. The van der Waals surface area contributed by atoms with E-state index >= 15 is 0 Å². The van der Waals surface area contributed by atoms with Gasteiger partial charge in [0, 0.05) is 10.0 Å². The molecule has 0 aliphatic rings. The third-order valence-electron chi connectivity index (χ3n) is 4.10. The van der Waals surface area contributed by atoms with Crippen molar-refractivity contribution in [2.45, 2.75) is 13.8 Å². The Hall–Kier alpha value is -1.88. The second kappa shape index (κ2) is 5.59. The number of hydrogen-bond donors (Lipinski definition) is 0. The summed E-state index contributed by atoms with van der Waals surface area (Å²) in [5.41, 5.74) is 4.62. The quantitative estimate of drug-likeness (QED) is 0.495. The monoisotopic (exact) mass is 374 g/mol. The SMILES string of the molecule is Cc1cc2nc3s/c(=C/c4cc(Cl)ccc4Cl)c(=O)n3c2cc1C. The molecular formula is C18H12Cl2N2OS. The van der Waals surface area contributed by atoms with E-state index in [1.165, 1.54) is 11.3 Å². The fourth-order valence-corrected chi connectivity index (χ4v) is 4.02. The van der Waals surface area contributed by atoms with Crippen LogP contribution < -0.4 is 10.1 Å². The van der Waals surface area contributed by atoms with Crippen molar-refractivity contribution in [2.24, 2.45) is 0 Å². The van der Waals surface area contributed by atoms with Gasteiger partial charge in [0.1, 0.15) is 0 Å². The van der Waals surface area contributed by atoms with Gasteiger partial charge in [0.2, 0.25) is 0 Å². The Kier molecular flexibility index (Phi) is 3.64. The van der Waals surface area contributed by atoms with Gasteiger partial charge in [-0.15, -0.1) is 0 Å². The van der Waals surface area contributed by atoms with E-state index in [4.69, 9.17) is 23.2 Å². The molecule has 4 aromatic rings. The molecule has 6 heteroatoms. The molecule has 0 bridgehead atoms. The molecule has 2 aromatic heterocycles. The summed E-state index contributed by atoms with van der Waals surface area (Å²) in [5, 5.41) is 1.14. The Morgan fingerprint density at radius 3 is 2.67 bits per heavy atom. The van der Waals surface area contributed by atoms with Crippen LogP contribution in [0.25, 0.3) is 22.1 Å². The first-order chi connectivity index (χ1) is 11.4. The molecule has 0 fully saturated rings. The summed E-state index contributed by atoms with van der Waals surface area (Å²) in [4.78, 5) is 18.1. The summed E-state index contributed by atoms with van der Waals surface area (Å²) in [6.07, 6.45) is 1.77. The van der Waals surface area contributed by atoms with Crippen LogP contribution in [0, 0.1) is 13.8 Å². The summed E-state index contributed by atoms with van der Waals surface area (Å²) in [6.45, 7) is 4.07. The van der Waals surface area contributed by atoms with Crippen molar-refractivity contribution in [1.29, 1.82) is 0 Å². The zero-order chi connectivity index (χ0) is 17.0. The third-order valence-corrected chi connectivity index (χ3v) is 5.65. The number of thiazole rings is 1. The second-order valence-corrected chi connectivity index (χ2v) is 7.59. The molecule has 0 atom stereocenters. The number of fused-ring (bicyclic) bond motifs is 3.